The molecular formula is C16H31N3O. The molecule has 2 aliphatic carbocycles. The summed E-state index contributed by atoms with van der Waals surface area (Å²) in [6.07, 6.45) is 10.7. The maximum atomic E-state index is 12.0. The number of nitrogens with one attached hydrogen (secondary N) is 3. The van der Waals surface area contributed by atoms with Crippen LogP contribution in [0.1, 0.15) is 64.7 Å². The van der Waals surface area contributed by atoms with E-state index in [-0.39, 0.29) is 6.03 Å². The van der Waals surface area contributed by atoms with E-state index in [1.54, 1.807) is 0 Å². The molecule has 4 heteroatoms. The molecule has 2 amide bonds. The summed E-state index contributed by atoms with van der Waals surface area (Å²) in [5.74, 6) is 0.882. The van der Waals surface area contributed by atoms with E-state index >= 15 is 0 Å². The van der Waals surface area contributed by atoms with E-state index in [4.69, 9.17) is 0 Å². The number of hydrogen-bond acceptors (Lipinski definition) is 2. The first-order valence-corrected chi connectivity index (χ1v) is 8.45. The minimum Gasteiger partial charge on any atom is -0.335 e. The van der Waals surface area contributed by atoms with Crippen molar-refractivity contribution < 1.29 is 4.79 Å². The molecule has 116 valence electrons. The van der Waals surface area contributed by atoms with Gasteiger partial charge in [0.1, 0.15) is 0 Å². The van der Waals surface area contributed by atoms with Gasteiger partial charge in [0.25, 0.3) is 0 Å². The maximum absolute atomic E-state index is 12.0. The smallest absolute Gasteiger partial charge is 0.315 e. The number of hydrogen-bond donors (Lipinski definition) is 3. The van der Waals surface area contributed by atoms with Crippen LogP contribution in [0.3, 0.4) is 0 Å². The van der Waals surface area contributed by atoms with Gasteiger partial charge in [-0.3, -0.25) is 0 Å². The first-order valence-electron chi connectivity index (χ1n) is 8.45. The van der Waals surface area contributed by atoms with Gasteiger partial charge in [0.15, 0.2) is 0 Å². The minimum atomic E-state index is 0.0536. The second-order valence-corrected chi connectivity index (χ2v) is 6.58. The molecule has 2 aliphatic rings. The Morgan fingerprint density at radius 1 is 0.850 bits per heavy atom. The van der Waals surface area contributed by atoms with Crippen molar-refractivity contribution in [1.82, 2.24) is 16.0 Å². The zero-order valence-corrected chi connectivity index (χ0v) is 13.1. The van der Waals surface area contributed by atoms with Crippen LogP contribution in [0.15, 0.2) is 0 Å². The van der Waals surface area contributed by atoms with Gasteiger partial charge in [-0.2, -0.15) is 0 Å². The third-order valence-corrected chi connectivity index (χ3v) is 5.23. The Morgan fingerprint density at radius 3 is 1.75 bits per heavy atom. The van der Waals surface area contributed by atoms with Crippen LogP contribution in [0, 0.1) is 5.92 Å². The van der Waals surface area contributed by atoms with Crippen LogP contribution in [0.5, 0.6) is 0 Å². The molecule has 0 aliphatic heterocycles. The van der Waals surface area contributed by atoms with Crippen molar-refractivity contribution in [3.8, 4) is 0 Å². The molecule has 0 aromatic rings. The summed E-state index contributed by atoms with van der Waals surface area (Å²) >= 11 is 0. The predicted octanol–water partition coefficient (Wildman–Crippen LogP) is 2.79. The molecular weight excluding hydrogens is 250 g/mol. The van der Waals surface area contributed by atoms with Gasteiger partial charge in [0.2, 0.25) is 0 Å². The predicted molar refractivity (Wildman–Crippen MR) is 82.8 cm³/mol. The summed E-state index contributed by atoms with van der Waals surface area (Å²) in [7, 11) is 2.03. The Labute approximate surface area is 123 Å². The van der Waals surface area contributed by atoms with Gasteiger partial charge in [-0.05, 0) is 64.3 Å². The van der Waals surface area contributed by atoms with Crippen molar-refractivity contribution in [1.29, 1.82) is 0 Å². The van der Waals surface area contributed by atoms with E-state index in [0.29, 0.717) is 18.1 Å². The SMILES string of the molecule is CCC1CCC(NC(=O)NC2CCC(NC)CC2)CC1. The molecule has 2 rings (SSSR count). The molecule has 0 atom stereocenters. The van der Waals surface area contributed by atoms with Crippen LogP contribution in [0.4, 0.5) is 4.79 Å². The van der Waals surface area contributed by atoms with Crippen molar-refractivity contribution in [3.63, 3.8) is 0 Å². The van der Waals surface area contributed by atoms with Crippen molar-refractivity contribution in [2.24, 2.45) is 5.92 Å². The van der Waals surface area contributed by atoms with Gasteiger partial charge < -0.3 is 16.0 Å². The number of urea groups is 1. The zero-order chi connectivity index (χ0) is 14.4. The van der Waals surface area contributed by atoms with Crippen molar-refractivity contribution in [2.75, 3.05) is 7.05 Å². The molecule has 0 radical (unpaired) electrons. The number of carbonyl (C=O) groups is 1. The quantitative estimate of drug-likeness (QED) is 0.742. The molecule has 0 saturated heterocycles. The molecule has 0 heterocycles. The summed E-state index contributed by atoms with van der Waals surface area (Å²) in [6.45, 7) is 2.27. The fourth-order valence-electron chi connectivity index (χ4n) is 3.65. The van der Waals surface area contributed by atoms with Gasteiger partial charge in [0.05, 0.1) is 0 Å². The standard InChI is InChI=1S/C16H31N3O/c1-3-12-4-6-14(7-5-12)18-16(20)19-15-10-8-13(17-2)9-11-15/h12-15,17H,3-11H2,1-2H3,(H2,18,19,20). The third-order valence-electron chi connectivity index (χ3n) is 5.23. The summed E-state index contributed by atoms with van der Waals surface area (Å²) in [5, 5.41) is 9.65. The fourth-order valence-corrected chi connectivity index (χ4v) is 3.65. The normalized spacial score (nSPS) is 34.5. The summed E-state index contributed by atoms with van der Waals surface area (Å²) < 4.78 is 0. The number of rotatable bonds is 4. The second-order valence-electron chi connectivity index (χ2n) is 6.58. The van der Waals surface area contributed by atoms with Crippen molar-refractivity contribution >= 4 is 6.03 Å². The van der Waals surface area contributed by atoms with Crippen LogP contribution in [-0.4, -0.2) is 31.2 Å². The first-order chi connectivity index (χ1) is 9.71. The molecule has 0 unspecified atom stereocenters. The largest absolute Gasteiger partial charge is 0.335 e. The highest BCUT2D eigenvalue weighted by molar-refractivity contribution is 5.74. The summed E-state index contributed by atoms with van der Waals surface area (Å²) in [4.78, 5) is 12.0. The van der Waals surface area contributed by atoms with Gasteiger partial charge in [-0.15, -0.1) is 0 Å². The lowest BCUT2D eigenvalue weighted by Gasteiger charge is -2.31. The Kier molecular flexibility index (Phi) is 6.14. The van der Waals surface area contributed by atoms with Crippen LogP contribution >= 0.6 is 0 Å². The van der Waals surface area contributed by atoms with Gasteiger partial charge >= 0.3 is 6.03 Å². The molecule has 2 fully saturated rings. The van der Waals surface area contributed by atoms with Crippen LogP contribution in [0.2, 0.25) is 0 Å². The first kappa shape index (κ1) is 15.6. The Balaban J connectivity index is 1.63. The lowest BCUT2D eigenvalue weighted by Crippen LogP contribution is -2.49. The molecule has 20 heavy (non-hydrogen) atoms. The lowest BCUT2D eigenvalue weighted by atomic mass is 9.84. The average molecular weight is 281 g/mol. The second kappa shape index (κ2) is 7.87. The molecule has 0 aromatic carbocycles. The number of carbonyl (C=O) groups excluding carboxylic acids is 1. The van der Waals surface area contributed by atoms with Crippen LogP contribution < -0.4 is 16.0 Å². The van der Waals surface area contributed by atoms with Crippen molar-refractivity contribution in [3.05, 3.63) is 0 Å². The highest BCUT2D eigenvalue weighted by Crippen LogP contribution is 2.26. The lowest BCUT2D eigenvalue weighted by molar-refractivity contribution is 0.217. The van der Waals surface area contributed by atoms with Crippen LogP contribution in [-0.2, 0) is 0 Å². The van der Waals surface area contributed by atoms with Crippen LogP contribution in [0.25, 0.3) is 0 Å². The Hall–Kier alpha value is -0.770. The van der Waals surface area contributed by atoms with E-state index in [9.17, 15) is 4.79 Å². The highest BCUT2D eigenvalue weighted by atomic mass is 16.2. The fraction of sp³-hybridized carbons (Fsp3) is 0.938. The van der Waals surface area contributed by atoms with E-state index in [2.05, 4.69) is 22.9 Å². The van der Waals surface area contributed by atoms with E-state index < -0.39 is 0 Å². The number of amides is 2. The molecule has 2 saturated carbocycles. The van der Waals surface area contributed by atoms with E-state index in [0.717, 1.165) is 31.6 Å². The molecule has 4 nitrogen and oxygen atoms in total. The Bertz CT molecular complexity index is 264. The summed E-state index contributed by atoms with van der Waals surface area (Å²) in [5.41, 5.74) is 0. The average Bonchev–Trinajstić information content (AvgIpc) is 2.49. The Morgan fingerprint density at radius 2 is 1.30 bits per heavy atom. The van der Waals surface area contributed by atoms with Gasteiger partial charge in [-0.25, -0.2) is 4.79 Å². The molecule has 0 aromatic heterocycles. The third kappa shape index (κ3) is 4.65. The molecule has 3 N–H and O–H groups in total. The van der Waals surface area contributed by atoms with E-state index in [1.165, 1.54) is 32.1 Å². The molecule has 0 spiro atoms. The topological polar surface area (TPSA) is 53.2 Å². The van der Waals surface area contributed by atoms with E-state index in [1.807, 2.05) is 7.05 Å². The highest BCUT2D eigenvalue weighted by Gasteiger charge is 2.24. The van der Waals surface area contributed by atoms with Gasteiger partial charge in [-0.1, -0.05) is 13.3 Å². The van der Waals surface area contributed by atoms with Gasteiger partial charge in [0, 0.05) is 18.1 Å². The zero-order valence-electron chi connectivity index (χ0n) is 13.1. The maximum Gasteiger partial charge on any atom is 0.315 e. The van der Waals surface area contributed by atoms with Crippen molar-refractivity contribution in [2.45, 2.75) is 82.8 Å². The minimum absolute atomic E-state index is 0.0536. The monoisotopic (exact) mass is 281 g/mol. The molecule has 0 bridgehead atoms. The summed E-state index contributed by atoms with van der Waals surface area (Å²) in [6, 6.07) is 1.45.